The molecule has 0 bridgehead atoms. The summed E-state index contributed by atoms with van der Waals surface area (Å²) < 4.78 is 6.45. The summed E-state index contributed by atoms with van der Waals surface area (Å²) in [6, 6.07) is 15.2. The monoisotopic (exact) mass is 869 g/mol. The van der Waals surface area contributed by atoms with Crippen LogP contribution in [0.2, 0.25) is 0 Å². The van der Waals surface area contributed by atoms with Crippen LogP contribution in [0.5, 0.6) is 5.75 Å². The summed E-state index contributed by atoms with van der Waals surface area (Å²) >= 11 is 9.96. The number of carbonyl (C=O) groups is 2. The normalized spacial score (nSPS) is 13.3. The molecule has 0 amide bonds. The van der Waals surface area contributed by atoms with E-state index in [-0.39, 0.29) is 22.4 Å². The molecule has 0 saturated heterocycles. The van der Waals surface area contributed by atoms with Crippen LogP contribution in [0.1, 0.15) is 140 Å². The molecule has 57 heavy (non-hydrogen) atoms. The summed E-state index contributed by atoms with van der Waals surface area (Å²) in [6.45, 7) is 26.7. The molecule has 0 aliphatic heterocycles. The molecule has 6 heterocycles. The second kappa shape index (κ2) is 15.8. The van der Waals surface area contributed by atoms with E-state index in [1.54, 1.807) is 68.0 Å². The number of nitrogens with zero attached hydrogens (tertiary/aromatic N) is 1. The van der Waals surface area contributed by atoms with Crippen LogP contribution in [-0.2, 0) is 23.7 Å². The molecule has 4 nitrogen and oxygen atoms in total. The van der Waals surface area contributed by atoms with Crippen LogP contribution in [0.25, 0.3) is 39.0 Å². The van der Waals surface area contributed by atoms with Gasteiger partial charge < -0.3 is 4.74 Å². The Labute approximate surface area is 362 Å². The Morgan fingerprint density at radius 2 is 1.11 bits per heavy atom. The van der Waals surface area contributed by atoms with Crippen LogP contribution in [0.3, 0.4) is 0 Å². The van der Waals surface area contributed by atoms with Crippen molar-refractivity contribution in [2.45, 2.75) is 107 Å². The van der Waals surface area contributed by atoms with Crippen LogP contribution in [0, 0.1) is 29.1 Å². The summed E-state index contributed by atoms with van der Waals surface area (Å²) in [5.74, 6) is 1.83. The summed E-state index contributed by atoms with van der Waals surface area (Å²) in [6.07, 6.45) is 1.55. The highest BCUT2D eigenvalue weighted by molar-refractivity contribution is 7.30. The zero-order chi connectivity index (χ0) is 41.3. The molecule has 6 aromatic heterocycles. The molecule has 0 unspecified atom stereocenters. The van der Waals surface area contributed by atoms with E-state index < -0.39 is 0 Å². The minimum absolute atomic E-state index is 0.00444. The highest BCUT2D eigenvalue weighted by Gasteiger charge is 2.42. The molecule has 6 aromatic rings. The van der Waals surface area contributed by atoms with E-state index in [0.717, 1.165) is 72.2 Å². The average Bonchev–Trinajstić information content (AvgIpc) is 3.95. The fourth-order valence-corrected chi connectivity index (χ4v) is 14.8. The van der Waals surface area contributed by atoms with Gasteiger partial charge in [0.05, 0.1) is 42.8 Å². The van der Waals surface area contributed by atoms with Gasteiger partial charge in [0.25, 0.3) is 0 Å². The Kier molecular flexibility index (Phi) is 11.6. The summed E-state index contributed by atoms with van der Waals surface area (Å²) in [4.78, 5) is 42.5. The van der Waals surface area contributed by atoms with Crippen LogP contribution < -0.4 is 4.74 Å². The summed E-state index contributed by atoms with van der Waals surface area (Å²) in [5.41, 5.74) is 2.97. The van der Waals surface area contributed by atoms with E-state index in [9.17, 15) is 5.26 Å². The van der Waals surface area contributed by atoms with Crippen molar-refractivity contribution >= 4 is 79.6 Å². The average molecular weight is 870 g/mol. The van der Waals surface area contributed by atoms with Crippen LogP contribution in [0.15, 0.2) is 36.4 Å². The van der Waals surface area contributed by atoms with Gasteiger partial charge in [-0.3, -0.25) is 9.59 Å². The number of thiophene rings is 6. The molecule has 0 atom stereocenters. The summed E-state index contributed by atoms with van der Waals surface area (Å²) in [5, 5.41) is 10.2. The van der Waals surface area contributed by atoms with Gasteiger partial charge in [-0.05, 0) is 71.8 Å². The van der Waals surface area contributed by atoms with Gasteiger partial charge in [-0.15, -0.1) is 68.0 Å². The lowest BCUT2D eigenvalue weighted by atomic mass is 9.82. The number of hydrogen-bond acceptors (Lipinski definition) is 10. The van der Waals surface area contributed by atoms with Gasteiger partial charge in [-0.25, -0.2) is 0 Å². The van der Waals surface area contributed by atoms with Crippen molar-refractivity contribution in [3.63, 3.8) is 0 Å². The van der Waals surface area contributed by atoms with Gasteiger partial charge in [-0.1, -0.05) is 83.1 Å². The number of rotatable bonds is 11. The molecule has 0 aromatic carbocycles. The number of hydrogen-bond donors (Lipinski definition) is 0. The number of carbonyl (C=O) groups excluding carboxylic acids is 2. The maximum absolute atomic E-state index is 15.1. The lowest BCUT2D eigenvalue weighted by Gasteiger charge is -2.17. The van der Waals surface area contributed by atoms with E-state index in [0.29, 0.717) is 52.2 Å². The van der Waals surface area contributed by atoms with Crippen LogP contribution in [-0.4, -0.2) is 18.2 Å². The Bertz CT molecular complexity index is 2540. The lowest BCUT2D eigenvalue weighted by Crippen LogP contribution is -2.21. The topological polar surface area (TPSA) is 67.2 Å². The van der Waals surface area contributed by atoms with Crippen LogP contribution >= 0.6 is 68.0 Å². The molecule has 298 valence electrons. The number of nitriles is 1. The number of ketones is 2. The quantitative estimate of drug-likeness (QED) is 0.130. The lowest BCUT2D eigenvalue weighted by molar-refractivity contribution is 0.0980. The van der Waals surface area contributed by atoms with Crippen molar-refractivity contribution in [1.82, 2.24) is 0 Å². The third-order valence-electron chi connectivity index (χ3n) is 9.77. The predicted octanol–water partition coefficient (Wildman–Crippen LogP) is 15.4. The van der Waals surface area contributed by atoms with E-state index in [4.69, 9.17) is 4.74 Å². The fraction of sp³-hybridized carbons (Fsp3) is 0.426. The van der Waals surface area contributed by atoms with Gasteiger partial charge in [0, 0.05) is 56.2 Å². The SMILES string of the molecule is CC(C)COc1cc(-c2ccc(-c3sc(-c4ccc(C(C)(C)C)s4)c4c3C(=O)c3c(CC(C)C)sc(CC(C)C)c3C4=O)s2)sc1-c1sc(C(C)(C)C)cc1C#N. The van der Waals surface area contributed by atoms with Gasteiger partial charge in [0.1, 0.15) is 11.8 Å². The van der Waals surface area contributed by atoms with Crippen molar-refractivity contribution in [1.29, 1.82) is 5.26 Å². The Balaban J connectivity index is 1.39. The second-order valence-electron chi connectivity index (χ2n) is 18.4. The van der Waals surface area contributed by atoms with Crippen molar-refractivity contribution in [3.8, 4) is 50.8 Å². The van der Waals surface area contributed by atoms with E-state index in [1.807, 2.05) is 6.07 Å². The van der Waals surface area contributed by atoms with E-state index >= 15 is 9.59 Å². The van der Waals surface area contributed by atoms with Gasteiger partial charge in [0.2, 0.25) is 0 Å². The standard InChI is InChI=1S/C47H51NO3S6/c1-23(2)17-32-36-37(33(53-32)18-24(3)4)41(50)39-38(40(36)49)44(57-45(39)30-15-16-34(54-30)46(7,8)9)29-14-13-28(52-29)31-20-27(51-22-25(5)6)43(55-31)42-26(21-48)19-35(56-42)47(10,11)12/h13-16,19-20,23-25H,17-18,22H2,1-12H3. The minimum atomic E-state index is -0.0829. The third-order valence-corrected chi connectivity index (χ3v) is 18.2. The highest BCUT2D eigenvalue weighted by Crippen LogP contribution is 2.54. The smallest absolute Gasteiger partial charge is 0.197 e. The second-order valence-corrected chi connectivity index (χ2v) is 24.8. The number of ether oxygens (including phenoxy) is 1. The Morgan fingerprint density at radius 3 is 1.61 bits per heavy atom. The third kappa shape index (κ3) is 8.10. The largest absolute Gasteiger partial charge is 0.492 e. The first-order valence-corrected chi connectivity index (χ1v) is 24.6. The van der Waals surface area contributed by atoms with Crippen molar-refractivity contribution in [2.24, 2.45) is 17.8 Å². The van der Waals surface area contributed by atoms with Crippen molar-refractivity contribution in [3.05, 3.63) is 83.7 Å². The predicted molar refractivity (Wildman–Crippen MR) is 248 cm³/mol. The molecular weight excluding hydrogens is 819 g/mol. The first-order chi connectivity index (χ1) is 26.8. The first-order valence-electron chi connectivity index (χ1n) is 19.7. The van der Waals surface area contributed by atoms with E-state index in [2.05, 4.69) is 119 Å². The molecule has 0 radical (unpaired) electrons. The molecule has 0 spiro atoms. The molecule has 1 aliphatic rings. The highest BCUT2D eigenvalue weighted by atomic mass is 32.1. The molecule has 0 N–H and O–H groups in total. The molecule has 7 rings (SSSR count). The minimum Gasteiger partial charge on any atom is -0.492 e. The van der Waals surface area contributed by atoms with Crippen molar-refractivity contribution < 1.29 is 14.3 Å². The van der Waals surface area contributed by atoms with E-state index in [1.165, 1.54) is 4.88 Å². The maximum atomic E-state index is 15.1. The summed E-state index contributed by atoms with van der Waals surface area (Å²) in [7, 11) is 0. The van der Waals surface area contributed by atoms with Crippen LogP contribution in [0.4, 0.5) is 0 Å². The zero-order valence-electron chi connectivity index (χ0n) is 34.9. The molecule has 0 saturated carbocycles. The fourth-order valence-electron chi connectivity index (χ4n) is 6.99. The first kappa shape index (κ1) is 42.0. The van der Waals surface area contributed by atoms with Crippen molar-refractivity contribution in [2.75, 3.05) is 6.61 Å². The maximum Gasteiger partial charge on any atom is 0.197 e. The van der Waals surface area contributed by atoms with Gasteiger partial charge in [-0.2, -0.15) is 5.26 Å². The number of fused-ring (bicyclic) bond motifs is 2. The molecule has 10 heteroatoms. The molecule has 1 aliphatic carbocycles. The Hall–Kier alpha value is -3.17. The Morgan fingerprint density at radius 1 is 0.561 bits per heavy atom. The zero-order valence-corrected chi connectivity index (χ0v) is 39.8. The molecule has 0 fully saturated rings. The molecular formula is C47H51NO3S6. The van der Waals surface area contributed by atoms with Gasteiger partial charge >= 0.3 is 0 Å². The van der Waals surface area contributed by atoms with Gasteiger partial charge in [0.15, 0.2) is 11.6 Å².